The van der Waals surface area contributed by atoms with E-state index in [9.17, 15) is 14.4 Å². The molecule has 4 fully saturated rings. The molecular weight excluding hydrogens is 459 g/mol. The number of carbonyl (C=O) groups excluding carboxylic acids is 3. The Hall–Kier alpha value is -1.64. The summed E-state index contributed by atoms with van der Waals surface area (Å²) < 4.78 is 5.78. The van der Waals surface area contributed by atoms with Crippen LogP contribution in [0.15, 0.2) is 24.3 Å². The average molecular weight is 482 g/mol. The fourth-order valence-corrected chi connectivity index (χ4v) is 6.14. The minimum Gasteiger partial charge on any atom is -0.452 e. The van der Waals surface area contributed by atoms with Gasteiger partial charge in [0, 0.05) is 9.11 Å². The molecule has 0 heterocycles. The minimum atomic E-state index is -0.614. The van der Waals surface area contributed by atoms with E-state index in [4.69, 9.17) is 4.74 Å². The Morgan fingerprint density at radius 2 is 1.63 bits per heavy atom. The van der Waals surface area contributed by atoms with E-state index in [1.165, 1.54) is 19.3 Å². The van der Waals surface area contributed by atoms with Crippen molar-refractivity contribution in [3.05, 3.63) is 33.4 Å². The molecule has 0 spiro atoms. The summed E-state index contributed by atoms with van der Waals surface area (Å²) in [5.74, 6) is 0.942. The number of rotatable bonds is 4. The first-order valence-corrected chi connectivity index (χ1v) is 10.5. The van der Waals surface area contributed by atoms with Crippen LogP contribution in [0.1, 0.15) is 48.9 Å². The molecular formula is C20H23IN2O4. The Balaban J connectivity index is 1.27. The van der Waals surface area contributed by atoms with E-state index >= 15 is 0 Å². The van der Waals surface area contributed by atoms with E-state index in [1.54, 1.807) is 18.2 Å². The van der Waals surface area contributed by atoms with Gasteiger partial charge in [0.15, 0.2) is 6.61 Å². The lowest BCUT2D eigenvalue weighted by Crippen LogP contribution is -2.62. The number of imide groups is 1. The Bertz CT molecular complexity index is 744. The molecule has 6 nitrogen and oxygen atoms in total. The average Bonchev–Trinajstić information content (AvgIpc) is 2.58. The molecule has 0 aromatic heterocycles. The summed E-state index contributed by atoms with van der Waals surface area (Å²) in [6, 6.07) is 6.50. The van der Waals surface area contributed by atoms with Gasteiger partial charge in [0.2, 0.25) is 0 Å². The second-order valence-corrected chi connectivity index (χ2v) is 9.42. The van der Waals surface area contributed by atoms with Crippen LogP contribution >= 0.6 is 22.6 Å². The molecule has 2 N–H and O–H groups in total. The molecule has 4 bridgehead atoms. The van der Waals surface area contributed by atoms with E-state index in [-0.39, 0.29) is 5.54 Å². The third-order valence-corrected chi connectivity index (χ3v) is 7.04. The van der Waals surface area contributed by atoms with Crippen molar-refractivity contribution in [2.45, 2.75) is 44.1 Å². The number of benzene rings is 1. The minimum absolute atomic E-state index is 0.157. The van der Waals surface area contributed by atoms with Gasteiger partial charge >= 0.3 is 12.0 Å². The Labute approximate surface area is 171 Å². The molecule has 0 saturated heterocycles. The van der Waals surface area contributed by atoms with Crippen molar-refractivity contribution in [1.82, 2.24) is 10.6 Å². The second-order valence-electron chi connectivity index (χ2n) is 8.26. The first-order valence-electron chi connectivity index (χ1n) is 9.46. The lowest BCUT2D eigenvalue weighted by molar-refractivity contribution is -0.123. The highest BCUT2D eigenvalue weighted by atomic mass is 127. The number of halogens is 1. The molecule has 27 heavy (non-hydrogen) atoms. The zero-order valence-corrected chi connectivity index (χ0v) is 17.2. The molecule has 0 unspecified atom stereocenters. The maximum atomic E-state index is 12.3. The van der Waals surface area contributed by atoms with Gasteiger partial charge in [-0.25, -0.2) is 9.59 Å². The van der Waals surface area contributed by atoms with Gasteiger partial charge in [0.25, 0.3) is 5.91 Å². The Morgan fingerprint density at radius 3 is 2.22 bits per heavy atom. The predicted octanol–water partition coefficient (Wildman–Crippen LogP) is 3.24. The monoisotopic (exact) mass is 482 g/mol. The molecule has 4 aliphatic carbocycles. The Kier molecular flexibility index (Phi) is 5.13. The molecule has 4 aliphatic rings. The summed E-state index contributed by atoms with van der Waals surface area (Å²) in [6.07, 6.45) is 6.91. The molecule has 4 saturated carbocycles. The zero-order chi connectivity index (χ0) is 19.0. The van der Waals surface area contributed by atoms with E-state index in [2.05, 4.69) is 10.6 Å². The van der Waals surface area contributed by atoms with Gasteiger partial charge in [-0.05, 0) is 91.0 Å². The van der Waals surface area contributed by atoms with Crippen molar-refractivity contribution in [3.63, 3.8) is 0 Å². The summed E-state index contributed by atoms with van der Waals surface area (Å²) in [7, 11) is 0. The van der Waals surface area contributed by atoms with Crippen molar-refractivity contribution < 1.29 is 19.1 Å². The largest absolute Gasteiger partial charge is 0.452 e. The van der Waals surface area contributed by atoms with Crippen LogP contribution in [0.5, 0.6) is 0 Å². The van der Waals surface area contributed by atoms with E-state index in [0.717, 1.165) is 22.8 Å². The normalized spacial score (nSPS) is 30.6. The molecule has 144 valence electrons. The van der Waals surface area contributed by atoms with Crippen LogP contribution in [0.3, 0.4) is 0 Å². The Morgan fingerprint density at radius 1 is 1.04 bits per heavy atom. The third-order valence-electron chi connectivity index (χ3n) is 6.10. The van der Waals surface area contributed by atoms with Crippen molar-refractivity contribution in [2.75, 3.05) is 6.61 Å². The number of ether oxygens (including phenoxy) is 1. The molecule has 1 aromatic rings. The number of esters is 1. The summed E-state index contributed by atoms with van der Waals surface area (Å²) >= 11 is 2.04. The lowest BCUT2D eigenvalue weighted by Gasteiger charge is -2.56. The molecule has 0 radical (unpaired) electrons. The van der Waals surface area contributed by atoms with E-state index < -0.39 is 24.5 Å². The maximum Gasteiger partial charge on any atom is 0.339 e. The summed E-state index contributed by atoms with van der Waals surface area (Å²) in [5, 5.41) is 5.38. The number of carbonyl (C=O) groups is 3. The van der Waals surface area contributed by atoms with Crippen molar-refractivity contribution in [3.8, 4) is 0 Å². The number of amides is 3. The van der Waals surface area contributed by atoms with Crippen LogP contribution in [0.4, 0.5) is 4.79 Å². The van der Waals surface area contributed by atoms with Crippen molar-refractivity contribution in [2.24, 2.45) is 17.8 Å². The van der Waals surface area contributed by atoms with E-state index in [1.807, 2.05) is 28.7 Å². The van der Waals surface area contributed by atoms with Crippen LogP contribution in [0.25, 0.3) is 0 Å². The highest BCUT2D eigenvalue weighted by Gasteiger charge is 2.51. The van der Waals surface area contributed by atoms with Crippen LogP contribution in [-0.2, 0) is 9.53 Å². The molecule has 1 aromatic carbocycles. The highest BCUT2D eigenvalue weighted by Crippen LogP contribution is 2.55. The predicted molar refractivity (Wildman–Crippen MR) is 107 cm³/mol. The van der Waals surface area contributed by atoms with Gasteiger partial charge in [-0.1, -0.05) is 12.1 Å². The lowest BCUT2D eigenvalue weighted by atomic mass is 9.53. The fourth-order valence-electron chi connectivity index (χ4n) is 5.53. The van der Waals surface area contributed by atoms with Gasteiger partial charge in [0.05, 0.1) is 5.56 Å². The SMILES string of the molecule is O=C(COC(=O)c1ccccc1I)NC(=O)NC12CC3CC(CC(C3)C1)C2. The summed E-state index contributed by atoms with van der Waals surface area (Å²) in [4.78, 5) is 36.4. The molecule has 7 heteroatoms. The van der Waals surface area contributed by atoms with Gasteiger partial charge < -0.3 is 10.1 Å². The van der Waals surface area contributed by atoms with Crippen LogP contribution < -0.4 is 10.6 Å². The third kappa shape index (κ3) is 4.12. The van der Waals surface area contributed by atoms with Gasteiger partial charge in [-0.2, -0.15) is 0 Å². The van der Waals surface area contributed by atoms with Crippen LogP contribution in [0, 0.1) is 21.3 Å². The molecule has 0 aliphatic heterocycles. The van der Waals surface area contributed by atoms with Gasteiger partial charge in [-0.3, -0.25) is 10.1 Å². The first-order chi connectivity index (χ1) is 12.9. The van der Waals surface area contributed by atoms with Gasteiger partial charge in [-0.15, -0.1) is 0 Å². The molecule has 3 amide bonds. The zero-order valence-electron chi connectivity index (χ0n) is 15.0. The second kappa shape index (κ2) is 7.41. The smallest absolute Gasteiger partial charge is 0.339 e. The van der Waals surface area contributed by atoms with Crippen LogP contribution in [0.2, 0.25) is 0 Å². The number of urea groups is 1. The quantitative estimate of drug-likeness (QED) is 0.510. The first kappa shape index (κ1) is 18.7. The summed E-state index contributed by atoms with van der Waals surface area (Å²) in [5.41, 5.74) is 0.250. The van der Waals surface area contributed by atoms with Crippen molar-refractivity contribution >= 4 is 40.5 Å². The van der Waals surface area contributed by atoms with Crippen molar-refractivity contribution in [1.29, 1.82) is 0 Å². The van der Waals surface area contributed by atoms with Gasteiger partial charge in [0.1, 0.15) is 0 Å². The fraction of sp³-hybridized carbons (Fsp3) is 0.550. The summed E-state index contributed by atoms with van der Waals surface area (Å²) in [6.45, 7) is -0.474. The van der Waals surface area contributed by atoms with E-state index in [0.29, 0.717) is 23.3 Å². The van der Waals surface area contributed by atoms with Crippen LogP contribution in [-0.4, -0.2) is 30.1 Å². The maximum absolute atomic E-state index is 12.3. The number of nitrogens with one attached hydrogen (secondary N) is 2. The standard InChI is InChI=1S/C20H23IN2O4/c21-16-4-2-1-3-15(16)18(25)27-11-17(24)22-19(26)23-20-8-12-5-13(9-20)7-14(6-12)10-20/h1-4,12-14H,5-11H2,(H2,22,23,24,26). The topological polar surface area (TPSA) is 84.5 Å². The highest BCUT2D eigenvalue weighted by molar-refractivity contribution is 14.1. The number of hydrogen-bond acceptors (Lipinski definition) is 4. The molecule has 0 atom stereocenters. The number of hydrogen-bond donors (Lipinski definition) is 2. The molecule has 5 rings (SSSR count).